The molecule has 0 spiro atoms. The fraction of sp³-hybridized carbons (Fsp3) is 0.273. The molecule has 0 radical (unpaired) electrons. The second kappa shape index (κ2) is 8.59. The first-order valence-corrected chi connectivity index (χ1v) is 9.28. The Balaban J connectivity index is 0.00000225. The molecule has 0 saturated heterocycles. The third-order valence-electron chi connectivity index (χ3n) is 4.98. The number of carbonyl (C=O) groups excluding carboxylic acids is 1. The lowest BCUT2D eigenvalue weighted by Crippen LogP contribution is -2.23. The Morgan fingerprint density at radius 2 is 1.89 bits per heavy atom. The van der Waals surface area contributed by atoms with Gasteiger partial charge in [-0.25, -0.2) is 0 Å². The average Bonchev–Trinajstić information content (AvgIpc) is 3.25. The summed E-state index contributed by atoms with van der Waals surface area (Å²) in [7, 11) is 0. The van der Waals surface area contributed by atoms with E-state index in [1.165, 1.54) is 11.1 Å². The van der Waals surface area contributed by atoms with Crippen LogP contribution in [0.4, 0.5) is 0 Å². The van der Waals surface area contributed by atoms with Crippen LogP contribution in [0.1, 0.15) is 44.0 Å². The molecular formula is C22H25ClN4O. The number of fused-ring (bicyclic) bond motifs is 1. The van der Waals surface area contributed by atoms with E-state index in [9.17, 15) is 4.79 Å². The highest BCUT2D eigenvalue weighted by molar-refractivity contribution is 5.94. The van der Waals surface area contributed by atoms with Crippen LogP contribution < -0.4 is 10.6 Å². The van der Waals surface area contributed by atoms with Crippen molar-refractivity contribution in [3.8, 4) is 0 Å². The van der Waals surface area contributed by atoms with Crippen molar-refractivity contribution in [1.29, 1.82) is 0 Å². The van der Waals surface area contributed by atoms with Crippen LogP contribution in [-0.2, 0) is 26.2 Å². The smallest absolute Gasteiger partial charge is 0.251 e. The van der Waals surface area contributed by atoms with Crippen molar-refractivity contribution < 1.29 is 4.79 Å². The Bertz CT molecular complexity index is 996. The lowest BCUT2D eigenvalue weighted by molar-refractivity contribution is 0.0951. The molecular weight excluding hydrogens is 372 g/mol. The van der Waals surface area contributed by atoms with Gasteiger partial charge in [-0.2, -0.15) is 5.10 Å². The minimum absolute atomic E-state index is 0. The Morgan fingerprint density at radius 3 is 2.68 bits per heavy atom. The normalized spacial score (nSPS) is 12.4. The van der Waals surface area contributed by atoms with E-state index in [0.29, 0.717) is 18.7 Å². The van der Waals surface area contributed by atoms with Gasteiger partial charge in [-0.3, -0.25) is 9.48 Å². The number of aryl methyl sites for hydroxylation is 2. The quantitative estimate of drug-likeness (QED) is 0.693. The number of hydrogen-bond acceptors (Lipinski definition) is 3. The highest BCUT2D eigenvalue weighted by Gasteiger charge is 2.11. The second-order valence-electron chi connectivity index (χ2n) is 7.17. The molecule has 2 N–H and O–H groups in total. The molecule has 0 fully saturated rings. The first-order valence-electron chi connectivity index (χ1n) is 9.28. The van der Waals surface area contributed by atoms with E-state index in [4.69, 9.17) is 0 Å². The van der Waals surface area contributed by atoms with Crippen molar-refractivity contribution >= 4 is 18.3 Å². The fourth-order valence-corrected chi connectivity index (χ4v) is 3.56. The zero-order chi connectivity index (χ0) is 18.8. The van der Waals surface area contributed by atoms with Crippen LogP contribution in [0.25, 0.3) is 0 Å². The number of rotatable bonds is 5. The van der Waals surface area contributed by atoms with E-state index in [-0.39, 0.29) is 18.3 Å². The third kappa shape index (κ3) is 4.43. The highest BCUT2D eigenvalue weighted by atomic mass is 35.5. The van der Waals surface area contributed by atoms with Gasteiger partial charge in [0, 0.05) is 30.9 Å². The van der Waals surface area contributed by atoms with Gasteiger partial charge in [-0.05, 0) is 54.3 Å². The van der Waals surface area contributed by atoms with Gasteiger partial charge in [-0.1, -0.05) is 30.3 Å². The third-order valence-corrected chi connectivity index (χ3v) is 4.98. The summed E-state index contributed by atoms with van der Waals surface area (Å²) >= 11 is 0. The Labute approximate surface area is 171 Å². The zero-order valence-corrected chi connectivity index (χ0v) is 17.0. The Morgan fingerprint density at radius 1 is 1.07 bits per heavy atom. The standard InChI is InChI=1S/C22H24N4O.ClH/c1-15-8-16(2)26(25-15)14-18-4-3-5-19(10-18)22(27)24-11-17-6-7-20-12-23-13-21(20)9-17;/h3-10,23H,11-14H2,1-2H3,(H,24,27);1H. The predicted octanol–water partition coefficient (Wildman–Crippen LogP) is 3.50. The minimum atomic E-state index is -0.0520. The van der Waals surface area contributed by atoms with E-state index < -0.39 is 0 Å². The average molecular weight is 397 g/mol. The van der Waals surface area contributed by atoms with Crippen LogP contribution in [-0.4, -0.2) is 15.7 Å². The molecule has 0 unspecified atom stereocenters. The van der Waals surface area contributed by atoms with Gasteiger partial charge in [0.05, 0.1) is 12.2 Å². The van der Waals surface area contributed by atoms with Crippen molar-refractivity contribution in [2.45, 2.75) is 40.0 Å². The Kier molecular flexibility index (Phi) is 6.17. The van der Waals surface area contributed by atoms with Crippen molar-refractivity contribution in [3.05, 3.63) is 87.7 Å². The zero-order valence-electron chi connectivity index (χ0n) is 16.2. The number of hydrogen-bond donors (Lipinski definition) is 2. The van der Waals surface area contributed by atoms with E-state index in [1.807, 2.05) is 42.8 Å². The number of aromatic nitrogens is 2. The van der Waals surface area contributed by atoms with Gasteiger partial charge >= 0.3 is 0 Å². The Hall–Kier alpha value is -2.63. The molecule has 146 valence electrons. The summed E-state index contributed by atoms with van der Waals surface area (Å²) in [6.45, 7) is 7.08. The number of amides is 1. The van der Waals surface area contributed by atoms with Gasteiger partial charge in [0.2, 0.25) is 0 Å². The largest absolute Gasteiger partial charge is 0.348 e. The monoisotopic (exact) mass is 396 g/mol. The van der Waals surface area contributed by atoms with E-state index in [0.717, 1.165) is 35.6 Å². The van der Waals surface area contributed by atoms with Crippen LogP contribution >= 0.6 is 12.4 Å². The van der Waals surface area contributed by atoms with Crippen LogP contribution in [0.15, 0.2) is 48.5 Å². The maximum Gasteiger partial charge on any atom is 0.251 e. The topological polar surface area (TPSA) is 59.0 Å². The first kappa shape index (κ1) is 20.1. The van der Waals surface area contributed by atoms with Gasteiger partial charge in [0.1, 0.15) is 0 Å². The maximum absolute atomic E-state index is 12.6. The highest BCUT2D eigenvalue weighted by Crippen LogP contribution is 2.17. The first-order chi connectivity index (χ1) is 13.1. The molecule has 0 atom stereocenters. The summed E-state index contributed by atoms with van der Waals surface area (Å²) in [6.07, 6.45) is 0. The molecule has 0 aliphatic carbocycles. The molecule has 0 saturated carbocycles. The molecule has 5 nitrogen and oxygen atoms in total. The molecule has 28 heavy (non-hydrogen) atoms. The summed E-state index contributed by atoms with van der Waals surface area (Å²) in [5, 5.41) is 10.9. The van der Waals surface area contributed by atoms with Crippen molar-refractivity contribution in [1.82, 2.24) is 20.4 Å². The van der Waals surface area contributed by atoms with Gasteiger partial charge in [0.25, 0.3) is 5.91 Å². The van der Waals surface area contributed by atoms with E-state index in [2.05, 4.69) is 40.0 Å². The molecule has 2 aromatic carbocycles. The molecule has 2 heterocycles. The van der Waals surface area contributed by atoms with Crippen molar-refractivity contribution in [2.24, 2.45) is 0 Å². The number of nitrogens with zero attached hydrogens (tertiary/aromatic N) is 2. The SMILES string of the molecule is Cc1cc(C)n(Cc2cccc(C(=O)NCc3ccc4c(c3)CNC4)c2)n1.Cl. The predicted molar refractivity (Wildman–Crippen MR) is 113 cm³/mol. The maximum atomic E-state index is 12.6. The molecule has 1 aliphatic rings. The number of carbonyl (C=O) groups is 1. The van der Waals surface area contributed by atoms with Crippen LogP contribution in [0, 0.1) is 13.8 Å². The fourth-order valence-electron chi connectivity index (χ4n) is 3.56. The lowest BCUT2D eigenvalue weighted by Gasteiger charge is -2.09. The van der Waals surface area contributed by atoms with Gasteiger partial charge in [0.15, 0.2) is 0 Å². The van der Waals surface area contributed by atoms with E-state index >= 15 is 0 Å². The molecule has 4 rings (SSSR count). The molecule has 6 heteroatoms. The molecule has 1 aliphatic heterocycles. The summed E-state index contributed by atoms with van der Waals surface area (Å²) in [6, 6.07) is 16.2. The number of benzene rings is 2. The van der Waals surface area contributed by atoms with E-state index in [1.54, 1.807) is 0 Å². The summed E-state index contributed by atoms with van der Waals surface area (Å²) < 4.78 is 1.96. The van der Waals surface area contributed by atoms with Crippen LogP contribution in [0.2, 0.25) is 0 Å². The van der Waals surface area contributed by atoms with Crippen LogP contribution in [0.5, 0.6) is 0 Å². The second-order valence-corrected chi connectivity index (χ2v) is 7.17. The number of halogens is 1. The van der Waals surface area contributed by atoms with Crippen molar-refractivity contribution in [2.75, 3.05) is 0 Å². The summed E-state index contributed by atoms with van der Waals surface area (Å²) in [4.78, 5) is 12.6. The molecule has 1 aromatic heterocycles. The van der Waals surface area contributed by atoms with Crippen molar-refractivity contribution in [3.63, 3.8) is 0 Å². The number of nitrogens with one attached hydrogen (secondary N) is 2. The van der Waals surface area contributed by atoms with Gasteiger partial charge in [-0.15, -0.1) is 12.4 Å². The van der Waals surface area contributed by atoms with Gasteiger partial charge < -0.3 is 10.6 Å². The molecule has 1 amide bonds. The molecule has 0 bridgehead atoms. The molecule has 3 aromatic rings. The summed E-state index contributed by atoms with van der Waals surface area (Å²) in [5.74, 6) is -0.0520. The summed E-state index contributed by atoms with van der Waals surface area (Å²) in [5.41, 5.74) is 7.67. The lowest BCUT2D eigenvalue weighted by atomic mass is 10.1. The van der Waals surface area contributed by atoms with Crippen LogP contribution in [0.3, 0.4) is 0 Å². The minimum Gasteiger partial charge on any atom is -0.348 e.